The topological polar surface area (TPSA) is 55.4 Å². The molecular weight excluding hydrogens is 238 g/mol. The highest BCUT2D eigenvalue weighted by atomic mass is 35.5. The molecule has 15 heavy (non-hydrogen) atoms. The Bertz CT molecular complexity index is 445. The van der Waals surface area contributed by atoms with Gasteiger partial charge in [0.2, 0.25) is 10.0 Å². The predicted octanol–water partition coefficient (Wildman–Crippen LogP) is 2.11. The first kappa shape index (κ1) is 12.1. The molecule has 0 spiro atoms. The van der Waals surface area contributed by atoms with Gasteiger partial charge in [-0.3, -0.25) is 4.72 Å². The van der Waals surface area contributed by atoms with Gasteiger partial charge in [-0.1, -0.05) is 11.6 Å². The van der Waals surface area contributed by atoms with Crippen molar-refractivity contribution in [3.63, 3.8) is 0 Å². The lowest BCUT2D eigenvalue weighted by molar-refractivity contribution is 0.417. The summed E-state index contributed by atoms with van der Waals surface area (Å²) >= 11 is 5.76. The number of nitrogens with one attached hydrogen (secondary N) is 1. The average molecular weight is 250 g/mol. The van der Waals surface area contributed by atoms with E-state index in [2.05, 4.69) is 4.72 Å². The Balaban J connectivity index is 3.08. The summed E-state index contributed by atoms with van der Waals surface area (Å²) < 4.78 is 30.1. The standard InChI is InChI=1S/C9H12ClNO3S/c1-3-15(12,13)11-8-6-7(10)4-5-9(8)14-2/h4-6,11H,3H2,1-2H3. The van der Waals surface area contributed by atoms with Crippen LogP contribution in [0.5, 0.6) is 5.75 Å². The fourth-order valence-corrected chi connectivity index (χ4v) is 1.81. The van der Waals surface area contributed by atoms with Gasteiger partial charge in [0.1, 0.15) is 5.75 Å². The second-order valence-electron chi connectivity index (χ2n) is 2.85. The van der Waals surface area contributed by atoms with E-state index in [1.165, 1.54) is 13.2 Å². The van der Waals surface area contributed by atoms with E-state index in [0.717, 1.165) is 0 Å². The third kappa shape index (κ3) is 3.28. The number of rotatable bonds is 4. The molecule has 0 bridgehead atoms. The van der Waals surface area contributed by atoms with Crippen molar-refractivity contribution in [3.8, 4) is 5.75 Å². The molecule has 1 N–H and O–H groups in total. The van der Waals surface area contributed by atoms with Crippen LogP contribution in [0.15, 0.2) is 18.2 Å². The van der Waals surface area contributed by atoms with Crippen molar-refractivity contribution in [2.75, 3.05) is 17.6 Å². The van der Waals surface area contributed by atoms with Crippen molar-refractivity contribution in [2.45, 2.75) is 6.92 Å². The first-order valence-corrected chi connectivity index (χ1v) is 6.35. The molecule has 0 heterocycles. The van der Waals surface area contributed by atoms with E-state index in [4.69, 9.17) is 16.3 Å². The second kappa shape index (κ2) is 4.72. The zero-order valence-corrected chi connectivity index (χ0v) is 10.0. The number of hydrogen-bond donors (Lipinski definition) is 1. The van der Waals surface area contributed by atoms with Gasteiger partial charge >= 0.3 is 0 Å². The lowest BCUT2D eigenvalue weighted by Gasteiger charge is -2.10. The molecule has 84 valence electrons. The summed E-state index contributed by atoms with van der Waals surface area (Å²) in [6.07, 6.45) is 0. The smallest absolute Gasteiger partial charge is 0.232 e. The Labute approximate surface area is 94.3 Å². The highest BCUT2D eigenvalue weighted by Gasteiger charge is 2.11. The van der Waals surface area contributed by atoms with Gasteiger partial charge in [-0.25, -0.2) is 8.42 Å². The van der Waals surface area contributed by atoms with Crippen LogP contribution < -0.4 is 9.46 Å². The van der Waals surface area contributed by atoms with Crippen molar-refractivity contribution >= 4 is 27.3 Å². The molecule has 0 atom stereocenters. The fraction of sp³-hybridized carbons (Fsp3) is 0.333. The van der Waals surface area contributed by atoms with Crippen molar-refractivity contribution < 1.29 is 13.2 Å². The van der Waals surface area contributed by atoms with Crippen molar-refractivity contribution in [1.82, 2.24) is 0 Å². The molecule has 0 amide bonds. The molecule has 1 aromatic rings. The van der Waals surface area contributed by atoms with Gasteiger partial charge in [-0.2, -0.15) is 0 Å². The molecule has 0 aliphatic rings. The number of benzene rings is 1. The summed E-state index contributed by atoms with van der Waals surface area (Å²) in [5, 5.41) is 0.449. The minimum Gasteiger partial charge on any atom is -0.495 e. The maximum absolute atomic E-state index is 11.3. The van der Waals surface area contributed by atoms with Crippen molar-refractivity contribution in [2.24, 2.45) is 0 Å². The van der Waals surface area contributed by atoms with Gasteiger partial charge in [-0.05, 0) is 25.1 Å². The normalized spacial score (nSPS) is 11.1. The van der Waals surface area contributed by atoms with E-state index >= 15 is 0 Å². The number of halogens is 1. The minimum absolute atomic E-state index is 0.00265. The zero-order chi connectivity index (χ0) is 11.5. The number of anilines is 1. The summed E-state index contributed by atoms with van der Waals surface area (Å²) in [7, 11) is -1.85. The van der Waals surface area contributed by atoms with E-state index < -0.39 is 10.0 Å². The molecule has 0 aliphatic carbocycles. The monoisotopic (exact) mass is 249 g/mol. The molecule has 1 aromatic carbocycles. The number of methoxy groups -OCH3 is 1. The van der Waals surface area contributed by atoms with Gasteiger partial charge in [0.05, 0.1) is 18.6 Å². The highest BCUT2D eigenvalue weighted by Crippen LogP contribution is 2.28. The summed E-state index contributed by atoms with van der Waals surface area (Å²) in [6, 6.07) is 4.74. The first-order valence-electron chi connectivity index (χ1n) is 4.32. The predicted molar refractivity (Wildman–Crippen MR) is 61.1 cm³/mol. The Morgan fingerprint density at radius 1 is 1.47 bits per heavy atom. The highest BCUT2D eigenvalue weighted by molar-refractivity contribution is 7.92. The molecule has 0 aromatic heterocycles. The van der Waals surface area contributed by atoms with Crippen molar-refractivity contribution in [1.29, 1.82) is 0 Å². The molecule has 0 radical (unpaired) electrons. The van der Waals surface area contributed by atoms with Gasteiger partial charge in [0, 0.05) is 5.02 Å². The van der Waals surface area contributed by atoms with Crippen LogP contribution in [0.4, 0.5) is 5.69 Å². The summed E-state index contributed by atoms with van der Waals surface area (Å²) in [5.41, 5.74) is 0.354. The Morgan fingerprint density at radius 2 is 2.13 bits per heavy atom. The largest absolute Gasteiger partial charge is 0.495 e. The van der Waals surface area contributed by atoms with Crippen LogP contribution in [0, 0.1) is 0 Å². The van der Waals surface area contributed by atoms with E-state index in [0.29, 0.717) is 16.5 Å². The maximum Gasteiger partial charge on any atom is 0.232 e. The molecular formula is C9H12ClNO3S. The fourth-order valence-electron chi connectivity index (χ4n) is 1.000. The van der Waals surface area contributed by atoms with E-state index in [1.54, 1.807) is 19.1 Å². The Kier molecular flexibility index (Phi) is 3.82. The van der Waals surface area contributed by atoms with Crippen LogP contribution in [-0.2, 0) is 10.0 Å². The van der Waals surface area contributed by atoms with E-state index in [1.807, 2.05) is 0 Å². The van der Waals surface area contributed by atoms with Crippen molar-refractivity contribution in [3.05, 3.63) is 23.2 Å². The van der Waals surface area contributed by atoms with E-state index in [9.17, 15) is 8.42 Å². The number of sulfonamides is 1. The Morgan fingerprint density at radius 3 is 2.67 bits per heavy atom. The average Bonchev–Trinajstić information content (AvgIpc) is 2.18. The SMILES string of the molecule is CCS(=O)(=O)Nc1cc(Cl)ccc1OC. The number of ether oxygens (including phenoxy) is 1. The van der Waals surface area contributed by atoms with Gasteiger partial charge in [0.15, 0.2) is 0 Å². The summed E-state index contributed by atoms with van der Waals surface area (Å²) in [4.78, 5) is 0. The number of hydrogen-bond acceptors (Lipinski definition) is 3. The van der Waals surface area contributed by atoms with Crippen LogP contribution >= 0.6 is 11.6 Å². The quantitative estimate of drug-likeness (QED) is 0.889. The van der Waals surface area contributed by atoms with Gasteiger partial charge in [-0.15, -0.1) is 0 Å². The second-order valence-corrected chi connectivity index (χ2v) is 5.30. The van der Waals surface area contributed by atoms with Crippen LogP contribution in [0.3, 0.4) is 0 Å². The van der Waals surface area contributed by atoms with Crippen LogP contribution in [-0.4, -0.2) is 21.3 Å². The molecule has 0 unspecified atom stereocenters. The third-order valence-electron chi connectivity index (χ3n) is 1.81. The maximum atomic E-state index is 11.3. The minimum atomic E-state index is -3.31. The molecule has 4 nitrogen and oxygen atoms in total. The molecule has 0 fully saturated rings. The van der Waals surface area contributed by atoms with Gasteiger partial charge in [0.25, 0.3) is 0 Å². The third-order valence-corrected chi connectivity index (χ3v) is 3.33. The molecule has 0 saturated heterocycles. The molecule has 0 saturated carbocycles. The lowest BCUT2D eigenvalue weighted by Crippen LogP contribution is -2.15. The molecule has 1 rings (SSSR count). The molecule has 0 aliphatic heterocycles. The zero-order valence-electron chi connectivity index (χ0n) is 8.45. The van der Waals surface area contributed by atoms with Gasteiger partial charge < -0.3 is 4.74 Å². The Hall–Kier alpha value is -0.940. The molecule has 6 heteroatoms. The lowest BCUT2D eigenvalue weighted by atomic mass is 10.3. The summed E-state index contributed by atoms with van der Waals surface area (Å²) in [5.74, 6) is 0.444. The van der Waals surface area contributed by atoms with Crippen LogP contribution in [0.1, 0.15) is 6.92 Å². The summed E-state index contributed by atoms with van der Waals surface area (Å²) in [6.45, 7) is 1.55. The first-order chi connectivity index (χ1) is 6.98. The van der Waals surface area contributed by atoms with Crippen LogP contribution in [0.2, 0.25) is 5.02 Å². The van der Waals surface area contributed by atoms with Crippen LogP contribution in [0.25, 0.3) is 0 Å². The van der Waals surface area contributed by atoms with E-state index in [-0.39, 0.29) is 5.75 Å².